The van der Waals surface area contributed by atoms with Crippen molar-refractivity contribution >= 4 is 23.5 Å². The Morgan fingerprint density at radius 2 is 1.79 bits per heavy atom. The van der Waals surface area contributed by atoms with Crippen LogP contribution in [0.15, 0.2) is 57.2 Å². The van der Waals surface area contributed by atoms with Crippen LogP contribution in [0.2, 0.25) is 0 Å². The van der Waals surface area contributed by atoms with Gasteiger partial charge in [-0.25, -0.2) is 4.39 Å². The van der Waals surface area contributed by atoms with E-state index in [2.05, 4.69) is 13.0 Å². The summed E-state index contributed by atoms with van der Waals surface area (Å²) in [5.41, 5.74) is 0.698. The highest BCUT2D eigenvalue weighted by Gasteiger charge is 2.09. The van der Waals surface area contributed by atoms with Crippen molar-refractivity contribution in [1.82, 2.24) is 0 Å². The van der Waals surface area contributed by atoms with E-state index >= 15 is 0 Å². The van der Waals surface area contributed by atoms with Gasteiger partial charge in [-0.2, -0.15) is 5.26 Å². The van der Waals surface area contributed by atoms with Crippen LogP contribution in [0.25, 0.3) is 0 Å². The smallest absolute Gasteiger partial charge is 0.123 e. The molecule has 19 heavy (non-hydrogen) atoms. The van der Waals surface area contributed by atoms with Gasteiger partial charge in [0, 0.05) is 14.7 Å². The van der Waals surface area contributed by atoms with Crippen molar-refractivity contribution in [2.24, 2.45) is 0 Å². The fourth-order valence-electron chi connectivity index (χ4n) is 1.61. The van der Waals surface area contributed by atoms with Crippen LogP contribution in [0, 0.1) is 17.1 Å². The van der Waals surface area contributed by atoms with Gasteiger partial charge in [-0.15, -0.1) is 11.8 Å². The highest BCUT2D eigenvalue weighted by Crippen LogP contribution is 2.34. The van der Waals surface area contributed by atoms with Crippen LogP contribution in [-0.4, -0.2) is 5.75 Å². The molecular formula is C15H12FNS2. The predicted octanol–water partition coefficient (Wildman–Crippen LogP) is 4.96. The van der Waals surface area contributed by atoms with E-state index in [1.807, 2.05) is 18.2 Å². The molecule has 0 aliphatic rings. The maximum Gasteiger partial charge on any atom is 0.123 e. The predicted molar refractivity (Wildman–Crippen MR) is 78.1 cm³/mol. The van der Waals surface area contributed by atoms with E-state index < -0.39 is 0 Å². The minimum absolute atomic E-state index is 0.250. The summed E-state index contributed by atoms with van der Waals surface area (Å²) in [7, 11) is 0. The molecule has 0 saturated heterocycles. The van der Waals surface area contributed by atoms with E-state index in [4.69, 9.17) is 0 Å². The molecule has 0 atom stereocenters. The molecule has 0 N–H and O–H groups in total. The molecule has 0 radical (unpaired) electrons. The quantitative estimate of drug-likeness (QED) is 0.743. The van der Waals surface area contributed by atoms with Gasteiger partial charge in [-0.05, 0) is 42.2 Å². The fourth-order valence-corrected chi connectivity index (χ4v) is 3.39. The normalized spacial score (nSPS) is 10.2. The molecule has 0 saturated carbocycles. The first kappa shape index (κ1) is 14.0. The maximum atomic E-state index is 12.9. The van der Waals surface area contributed by atoms with E-state index in [1.165, 1.54) is 23.9 Å². The summed E-state index contributed by atoms with van der Waals surface area (Å²) < 4.78 is 12.9. The third kappa shape index (κ3) is 3.52. The highest BCUT2D eigenvalue weighted by molar-refractivity contribution is 8.00. The Morgan fingerprint density at radius 3 is 2.42 bits per heavy atom. The molecule has 4 heteroatoms. The largest absolute Gasteiger partial charge is 0.207 e. The molecule has 0 heterocycles. The second-order valence-corrected chi connectivity index (χ2v) is 6.15. The van der Waals surface area contributed by atoms with Crippen LogP contribution in [0.5, 0.6) is 0 Å². The first-order valence-corrected chi connectivity index (χ1v) is 7.64. The van der Waals surface area contributed by atoms with Gasteiger partial charge in [0.05, 0.1) is 5.56 Å². The number of thioether (sulfide) groups is 1. The zero-order valence-corrected chi connectivity index (χ0v) is 12.0. The number of rotatable bonds is 4. The molecule has 0 aliphatic carbocycles. The van der Waals surface area contributed by atoms with Gasteiger partial charge in [0.15, 0.2) is 0 Å². The van der Waals surface area contributed by atoms with Crippen LogP contribution in [0.1, 0.15) is 12.5 Å². The standard InChI is InChI=1S/C15H12FNS2/c1-2-18-14-4-3-5-15(13(14)10-17)19-12-8-6-11(16)7-9-12/h3-9H,2H2,1H3. The summed E-state index contributed by atoms with van der Waals surface area (Å²) in [6, 6.07) is 14.4. The summed E-state index contributed by atoms with van der Waals surface area (Å²) >= 11 is 3.14. The fraction of sp³-hybridized carbons (Fsp3) is 0.133. The molecule has 96 valence electrons. The van der Waals surface area contributed by atoms with Crippen LogP contribution in [-0.2, 0) is 0 Å². The minimum atomic E-state index is -0.250. The van der Waals surface area contributed by atoms with E-state index in [0.717, 1.165) is 20.4 Å². The first-order valence-electron chi connectivity index (χ1n) is 5.84. The van der Waals surface area contributed by atoms with Crippen molar-refractivity contribution < 1.29 is 4.39 Å². The van der Waals surface area contributed by atoms with Crippen molar-refractivity contribution in [2.75, 3.05) is 5.75 Å². The van der Waals surface area contributed by atoms with Crippen LogP contribution >= 0.6 is 23.5 Å². The molecule has 1 nitrogen and oxygen atoms in total. The molecule has 2 rings (SSSR count). The van der Waals surface area contributed by atoms with Crippen LogP contribution in [0.3, 0.4) is 0 Å². The zero-order valence-electron chi connectivity index (χ0n) is 10.4. The van der Waals surface area contributed by atoms with Gasteiger partial charge in [0.25, 0.3) is 0 Å². The topological polar surface area (TPSA) is 23.8 Å². The van der Waals surface area contributed by atoms with E-state index in [1.54, 1.807) is 23.9 Å². The molecule has 0 amide bonds. The SMILES string of the molecule is CCSc1cccc(Sc2ccc(F)cc2)c1C#N. The Hall–Kier alpha value is -1.44. The average Bonchev–Trinajstić information content (AvgIpc) is 2.42. The lowest BCUT2D eigenvalue weighted by atomic mass is 10.2. The number of hydrogen-bond acceptors (Lipinski definition) is 3. The van der Waals surface area contributed by atoms with Crippen molar-refractivity contribution in [3.63, 3.8) is 0 Å². The molecule has 0 aliphatic heterocycles. The van der Waals surface area contributed by atoms with Crippen LogP contribution < -0.4 is 0 Å². The highest BCUT2D eigenvalue weighted by atomic mass is 32.2. The molecule has 0 unspecified atom stereocenters. The number of hydrogen-bond donors (Lipinski definition) is 0. The Balaban J connectivity index is 2.32. The monoisotopic (exact) mass is 289 g/mol. The second-order valence-electron chi connectivity index (χ2n) is 3.73. The zero-order chi connectivity index (χ0) is 13.7. The number of nitrogens with zero attached hydrogens (tertiary/aromatic N) is 1. The van der Waals surface area contributed by atoms with E-state index in [-0.39, 0.29) is 5.82 Å². The summed E-state index contributed by atoms with van der Waals surface area (Å²) in [5, 5.41) is 9.31. The number of halogens is 1. The summed E-state index contributed by atoms with van der Waals surface area (Å²) in [4.78, 5) is 2.83. The summed E-state index contributed by atoms with van der Waals surface area (Å²) in [6.45, 7) is 2.06. The Morgan fingerprint density at radius 1 is 1.11 bits per heavy atom. The van der Waals surface area contributed by atoms with Gasteiger partial charge < -0.3 is 0 Å². The Bertz CT molecular complexity index is 603. The van der Waals surface area contributed by atoms with E-state index in [0.29, 0.717) is 5.56 Å². The number of benzene rings is 2. The molecule has 0 spiro atoms. The van der Waals surface area contributed by atoms with Gasteiger partial charge in [-0.1, -0.05) is 24.8 Å². The molecule has 2 aromatic carbocycles. The lowest BCUT2D eigenvalue weighted by Crippen LogP contribution is -1.86. The van der Waals surface area contributed by atoms with E-state index in [9.17, 15) is 9.65 Å². The minimum Gasteiger partial charge on any atom is -0.207 e. The van der Waals surface area contributed by atoms with Gasteiger partial charge >= 0.3 is 0 Å². The van der Waals surface area contributed by atoms with Crippen molar-refractivity contribution in [2.45, 2.75) is 21.6 Å². The first-order chi connectivity index (χ1) is 9.24. The summed E-state index contributed by atoms with van der Waals surface area (Å²) in [6.07, 6.45) is 0. The molecular weight excluding hydrogens is 277 g/mol. The Kier molecular flexibility index (Phi) is 4.89. The number of nitriles is 1. The molecule has 0 fully saturated rings. The lowest BCUT2D eigenvalue weighted by Gasteiger charge is -2.08. The van der Waals surface area contributed by atoms with Crippen molar-refractivity contribution in [1.29, 1.82) is 5.26 Å². The summed E-state index contributed by atoms with van der Waals surface area (Å²) in [5.74, 6) is 0.680. The second kappa shape index (κ2) is 6.65. The molecule has 2 aromatic rings. The average molecular weight is 289 g/mol. The van der Waals surface area contributed by atoms with Gasteiger partial charge in [0.2, 0.25) is 0 Å². The van der Waals surface area contributed by atoms with Crippen molar-refractivity contribution in [3.05, 3.63) is 53.8 Å². The van der Waals surface area contributed by atoms with Gasteiger partial charge in [-0.3, -0.25) is 0 Å². The molecule has 0 aromatic heterocycles. The third-order valence-corrected chi connectivity index (χ3v) is 4.45. The third-order valence-electron chi connectivity index (χ3n) is 2.44. The van der Waals surface area contributed by atoms with Gasteiger partial charge in [0.1, 0.15) is 11.9 Å². The maximum absolute atomic E-state index is 12.9. The van der Waals surface area contributed by atoms with Crippen LogP contribution in [0.4, 0.5) is 4.39 Å². The lowest BCUT2D eigenvalue weighted by molar-refractivity contribution is 0.626. The molecule has 0 bridgehead atoms. The Labute approximate surface area is 120 Å². The van der Waals surface area contributed by atoms with Crippen molar-refractivity contribution in [3.8, 4) is 6.07 Å².